The summed E-state index contributed by atoms with van der Waals surface area (Å²) in [7, 11) is 0. The molecule has 0 fully saturated rings. The quantitative estimate of drug-likeness (QED) is 0.211. The van der Waals surface area contributed by atoms with Crippen LogP contribution < -0.4 is 0 Å². The summed E-state index contributed by atoms with van der Waals surface area (Å²) < 4.78 is 59.8. The molecule has 0 amide bonds. The van der Waals surface area contributed by atoms with Crippen LogP contribution in [0.3, 0.4) is 0 Å². The van der Waals surface area contributed by atoms with Crippen LogP contribution in [0.2, 0.25) is 0 Å². The van der Waals surface area contributed by atoms with Gasteiger partial charge in [-0.05, 0) is 53.5 Å². The summed E-state index contributed by atoms with van der Waals surface area (Å²) in [6.07, 6.45) is 0. The van der Waals surface area contributed by atoms with Crippen molar-refractivity contribution in [2.45, 2.75) is 0 Å². The molecule has 0 spiro atoms. The topological polar surface area (TPSA) is 56.7 Å². The highest BCUT2D eigenvalue weighted by atomic mass is 16.3. The standard InChI is InChI=1S/C39H24N4O/c1-3-11-25(12-4-1)27-19-21-31-32-23-28(20-22-35(32)44-36(31)24-27)38-40-37(26-13-5-2-6-14-26)41-39(42-38)43-33-17-9-7-15-29(33)30-16-8-10-18-34(30)43/h1-24H/i7D,8D,15D,16D,17D,18D. The van der Waals surface area contributed by atoms with E-state index in [4.69, 9.17) is 27.6 Å². The number of furan rings is 1. The molecule has 3 aromatic heterocycles. The molecule has 0 radical (unpaired) electrons. The number of benzene rings is 6. The van der Waals surface area contributed by atoms with E-state index in [-0.39, 0.29) is 64.0 Å². The third-order valence-corrected chi connectivity index (χ3v) is 7.82. The zero-order valence-corrected chi connectivity index (χ0v) is 23.1. The van der Waals surface area contributed by atoms with E-state index in [1.54, 1.807) is 0 Å². The maximum Gasteiger partial charge on any atom is 0.238 e. The van der Waals surface area contributed by atoms with Gasteiger partial charge in [0.25, 0.3) is 0 Å². The first-order valence-electron chi connectivity index (χ1n) is 17.1. The first kappa shape index (κ1) is 19.2. The second-order valence-electron chi connectivity index (χ2n) is 10.4. The maximum atomic E-state index is 8.90. The number of para-hydroxylation sites is 2. The van der Waals surface area contributed by atoms with Crippen LogP contribution in [-0.2, 0) is 0 Å². The van der Waals surface area contributed by atoms with Crippen molar-refractivity contribution in [3.63, 3.8) is 0 Å². The fraction of sp³-hybridized carbons (Fsp3) is 0. The molecule has 44 heavy (non-hydrogen) atoms. The van der Waals surface area contributed by atoms with Crippen LogP contribution in [0.4, 0.5) is 0 Å². The van der Waals surface area contributed by atoms with Gasteiger partial charge in [-0.25, -0.2) is 4.98 Å². The zero-order valence-electron chi connectivity index (χ0n) is 29.1. The van der Waals surface area contributed by atoms with Crippen LogP contribution in [0.15, 0.2) is 150 Å². The van der Waals surface area contributed by atoms with Gasteiger partial charge in [-0.2, -0.15) is 9.97 Å². The molecule has 0 saturated heterocycles. The van der Waals surface area contributed by atoms with Crippen molar-refractivity contribution < 1.29 is 12.6 Å². The number of hydrogen-bond acceptors (Lipinski definition) is 4. The largest absolute Gasteiger partial charge is 0.456 e. The average molecular weight is 571 g/mol. The van der Waals surface area contributed by atoms with Gasteiger partial charge in [-0.3, -0.25) is 4.57 Å². The molecule has 5 nitrogen and oxygen atoms in total. The minimum absolute atomic E-state index is 0.0785. The van der Waals surface area contributed by atoms with E-state index in [0.29, 0.717) is 28.4 Å². The first-order valence-corrected chi connectivity index (χ1v) is 14.1. The maximum absolute atomic E-state index is 8.90. The van der Waals surface area contributed by atoms with Gasteiger partial charge in [0, 0.05) is 32.7 Å². The lowest BCUT2D eigenvalue weighted by molar-refractivity contribution is 0.669. The lowest BCUT2D eigenvalue weighted by atomic mass is 10.0. The fourth-order valence-corrected chi connectivity index (χ4v) is 5.75. The van der Waals surface area contributed by atoms with Crippen LogP contribution in [-0.4, -0.2) is 19.5 Å². The molecule has 9 rings (SSSR count). The molecule has 0 unspecified atom stereocenters. The van der Waals surface area contributed by atoms with E-state index in [0.717, 1.165) is 27.5 Å². The lowest BCUT2D eigenvalue weighted by Gasteiger charge is -2.11. The number of rotatable bonds is 4. The molecular formula is C39H24N4O. The predicted molar refractivity (Wildman–Crippen MR) is 178 cm³/mol. The molecule has 0 aliphatic rings. The molecule has 0 aliphatic carbocycles. The summed E-state index contributed by atoms with van der Waals surface area (Å²) in [5.41, 5.74) is 5.32. The van der Waals surface area contributed by atoms with Gasteiger partial charge < -0.3 is 4.42 Å². The monoisotopic (exact) mass is 570 g/mol. The van der Waals surface area contributed by atoms with Gasteiger partial charge in [0.15, 0.2) is 11.6 Å². The van der Waals surface area contributed by atoms with Crippen molar-refractivity contribution >= 4 is 43.7 Å². The summed E-state index contributed by atoms with van der Waals surface area (Å²) in [6.45, 7) is 0. The Morgan fingerprint density at radius 3 is 1.82 bits per heavy atom. The normalized spacial score (nSPS) is 13.5. The summed E-state index contributed by atoms with van der Waals surface area (Å²) in [5, 5.41) is 2.08. The van der Waals surface area contributed by atoms with Gasteiger partial charge in [0.05, 0.1) is 19.3 Å². The van der Waals surface area contributed by atoms with Crippen molar-refractivity contribution in [1.82, 2.24) is 19.5 Å². The Kier molecular flexibility index (Phi) is 4.25. The van der Waals surface area contributed by atoms with Crippen LogP contribution in [0.1, 0.15) is 8.22 Å². The molecule has 5 heteroatoms. The van der Waals surface area contributed by atoms with E-state index < -0.39 is 0 Å². The Labute approximate surface area is 261 Å². The predicted octanol–water partition coefficient (Wildman–Crippen LogP) is 9.87. The third kappa shape index (κ3) is 3.91. The van der Waals surface area contributed by atoms with Crippen LogP contribution in [0.25, 0.3) is 83.6 Å². The zero-order chi connectivity index (χ0) is 34.3. The Balaban J connectivity index is 1.32. The molecule has 0 aliphatic heterocycles. The second-order valence-corrected chi connectivity index (χ2v) is 10.4. The van der Waals surface area contributed by atoms with Crippen LogP contribution in [0.5, 0.6) is 0 Å². The number of fused-ring (bicyclic) bond motifs is 6. The van der Waals surface area contributed by atoms with Crippen molar-refractivity contribution in [1.29, 1.82) is 0 Å². The number of nitrogens with zero attached hydrogens (tertiary/aromatic N) is 4. The van der Waals surface area contributed by atoms with E-state index in [2.05, 4.69) is 18.2 Å². The molecule has 0 bridgehead atoms. The van der Waals surface area contributed by atoms with Crippen molar-refractivity contribution in [3.8, 4) is 39.9 Å². The van der Waals surface area contributed by atoms with E-state index >= 15 is 0 Å². The highest BCUT2D eigenvalue weighted by molar-refractivity contribution is 6.09. The van der Waals surface area contributed by atoms with Crippen molar-refractivity contribution in [2.75, 3.05) is 0 Å². The SMILES string of the molecule is [2H]c1cc([2H])c2c(c1[2H])c1c([2H])c([2H])cc([2H])c1n2-c1nc(-c2ccccc2)nc(-c2ccc3oc4cc(-c5ccccc5)ccc4c3c2)n1. The molecule has 6 aromatic carbocycles. The van der Waals surface area contributed by atoms with E-state index in [1.807, 2.05) is 78.9 Å². The van der Waals surface area contributed by atoms with Crippen molar-refractivity contribution in [3.05, 3.63) is 145 Å². The minimum atomic E-state index is -0.205. The summed E-state index contributed by atoms with van der Waals surface area (Å²) >= 11 is 0. The minimum Gasteiger partial charge on any atom is -0.456 e. The lowest BCUT2D eigenvalue weighted by Crippen LogP contribution is -2.06. The first-order chi connectivity index (χ1) is 24.3. The van der Waals surface area contributed by atoms with Crippen LogP contribution in [0, 0.1) is 0 Å². The highest BCUT2D eigenvalue weighted by Gasteiger charge is 2.18. The fourth-order valence-electron chi connectivity index (χ4n) is 5.75. The molecule has 3 heterocycles. The number of aromatic nitrogens is 4. The Morgan fingerprint density at radius 2 is 1.11 bits per heavy atom. The van der Waals surface area contributed by atoms with Crippen molar-refractivity contribution in [2.24, 2.45) is 0 Å². The van der Waals surface area contributed by atoms with E-state index in [1.165, 1.54) is 16.7 Å². The molecule has 0 atom stereocenters. The molecular weight excluding hydrogens is 540 g/mol. The summed E-state index contributed by atoms with van der Waals surface area (Å²) in [6, 6.07) is 32.9. The van der Waals surface area contributed by atoms with Gasteiger partial charge in [0.2, 0.25) is 5.95 Å². The Morgan fingerprint density at radius 1 is 0.477 bits per heavy atom. The molecule has 206 valence electrons. The molecule has 0 saturated carbocycles. The third-order valence-electron chi connectivity index (χ3n) is 7.82. The van der Waals surface area contributed by atoms with Gasteiger partial charge in [-0.1, -0.05) is 103 Å². The van der Waals surface area contributed by atoms with E-state index in [9.17, 15) is 0 Å². The summed E-state index contributed by atoms with van der Waals surface area (Å²) in [4.78, 5) is 14.6. The molecule has 9 aromatic rings. The average Bonchev–Trinajstić information content (AvgIpc) is 3.70. The van der Waals surface area contributed by atoms with Gasteiger partial charge in [-0.15, -0.1) is 0 Å². The Hall–Kier alpha value is -6.07. The summed E-state index contributed by atoms with van der Waals surface area (Å²) in [5.74, 6) is 0.745. The van der Waals surface area contributed by atoms with Crippen LogP contribution >= 0.6 is 0 Å². The number of hydrogen-bond donors (Lipinski definition) is 0. The Bertz CT molecular complexity index is 2760. The molecule has 0 N–H and O–H groups in total. The second kappa shape index (κ2) is 9.75. The highest BCUT2D eigenvalue weighted by Crippen LogP contribution is 2.36. The van der Waals surface area contributed by atoms with Gasteiger partial charge >= 0.3 is 0 Å². The van der Waals surface area contributed by atoms with Gasteiger partial charge in [0.1, 0.15) is 11.2 Å². The smallest absolute Gasteiger partial charge is 0.238 e.